The van der Waals surface area contributed by atoms with Crippen LogP contribution in [0.3, 0.4) is 0 Å². The van der Waals surface area contributed by atoms with Gasteiger partial charge in [0.25, 0.3) is 5.22 Å². The Labute approximate surface area is 170 Å². The second-order valence-corrected chi connectivity index (χ2v) is 7.66. The number of aromatic nitrogens is 2. The average molecular weight is 424 g/mol. The minimum atomic E-state index is -0.517. The van der Waals surface area contributed by atoms with E-state index in [-0.39, 0.29) is 41.1 Å². The van der Waals surface area contributed by atoms with E-state index in [2.05, 4.69) is 26.1 Å². The molecule has 0 aliphatic carbocycles. The third-order valence-corrected chi connectivity index (χ3v) is 5.39. The monoisotopic (exact) mass is 423 g/mol. The number of urea groups is 1. The molecule has 0 radical (unpaired) electrons. The van der Waals surface area contributed by atoms with Crippen molar-refractivity contribution in [2.45, 2.75) is 31.5 Å². The molecule has 4 amide bonds. The molecule has 1 aromatic heterocycles. The topological polar surface area (TPSA) is 126 Å². The summed E-state index contributed by atoms with van der Waals surface area (Å²) >= 11 is 7.12. The molecule has 1 saturated heterocycles. The number of aryl methyl sites for hydroxylation is 1. The predicted molar refractivity (Wildman–Crippen MR) is 103 cm³/mol. The first-order valence-corrected chi connectivity index (χ1v) is 9.80. The van der Waals surface area contributed by atoms with E-state index in [9.17, 15) is 14.4 Å². The molecule has 0 spiro atoms. The van der Waals surface area contributed by atoms with Gasteiger partial charge in [0.15, 0.2) is 0 Å². The zero-order valence-corrected chi connectivity index (χ0v) is 16.7. The normalized spacial score (nSPS) is 19.1. The van der Waals surface area contributed by atoms with Crippen molar-refractivity contribution < 1.29 is 18.8 Å². The minimum absolute atomic E-state index is 0.0729. The summed E-state index contributed by atoms with van der Waals surface area (Å²) < 4.78 is 5.49. The van der Waals surface area contributed by atoms with Crippen LogP contribution in [0.2, 0.25) is 5.02 Å². The van der Waals surface area contributed by atoms with Gasteiger partial charge in [0.05, 0.1) is 11.7 Å². The number of nitrogens with zero attached hydrogens (tertiary/aromatic N) is 2. The first-order chi connectivity index (χ1) is 13.3. The summed E-state index contributed by atoms with van der Waals surface area (Å²) in [4.78, 5) is 35.3. The van der Waals surface area contributed by atoms with Crippen molar-refractivity contribution in [2.24, 2.45) is 5.92 Å². The van der Waals surface area contributed by atoms with E-state index in [1.54, 1.807) is 19.1 Å². The van der Waals surface area contributed by atoms with Gasteiger partial charge >= 0.3 is 6.03 Å². The number of thioether (sulfide) groups is 1. The van der Waals surface area contributed by atoms with Gasteiger partial charge in [0.2, 0.25) is 17.7 Å². The first-order valence-electron chi connectivity index (χ1n) is 8.44. The van der Waals surface area contributed by atoms with Gasteiger partial charge in [-0.1, -0.05) is 29.4 Å². The van der Waals surface area contributed by atoms with Gasteiger partial charge in [-0.2, -0.15) is 0 Å². The SMILES string of the molecule is Cc1ccc(NC(=O)CSc2nnc(CC3C(=O)NC(=O)NC3C)o2)cc1Cl. The van der Waals surface area contributed by atoms with Crippen molar-refractivity contribution in [1.29, 1.82) is 0 Å². The Morgan fingerprint density at radius 2 is 2.14 bits per heavy atom. The molecule has 11 heteroatoms. The lowest BCUT2D eigenvalue weighted by molar-refractivity contribution is -0.125. The number of carbonyl (C=O) groups is 3. The highest BCUT2D eigenvalue weighted by atomic mass is 35.5. The number of hydrogen-bond donors (Lipinski definition) is 3. The lowest BCUT2D eigenvalue weighted by Gasteiger charge is -2.27. The van der Waals surface area contributed by atoms with Crippen molar-refractivity contribution in [3.05, 3.63) is 34.7 Å². The second kappa shape index (κ2) is 8.61. The van der Waals surface area contributed by atoms with Crippen LogP contribution >= 0.6 is 23.4 Å². The summed E-state index contributed by atoms with van der Waals surface area (Å²) in [6.45, 7) is 3.61. The summed E-state index contributed by atoms with van der Waals surface area (Å²) in [7, 11) is 0. The van der Waals surface area contributed by atoms with Gasteiger partial charge < -0.3 is 15.1 Å². The van der Waals surface area contributed by atoms with Gasteiger partial charge in [0.1, 0.15) is 0 Å². The molecule has 0 saturated carbocycles. The molecule has 1 aliphatic heterocycles. The summed E-state index contributed by atoms with van der Waals surface area (Å²) in [5.41, 5.74) is 1.53. The maximum atomic E-state index is 12.1. The third kappa shape index (κ3) is 5.02. The number of benzene rings is 1. The van der Waals surface area contributed by atoms with Gasteiger partial charge in [-0.15, -0.1) is 10.2 Å². The van der Waals surface area contributed by atoms with Crippen LogP contribution in [0.4, 0.5) is 10.5 Å². The summed E-state index contributed by atoms with van der Waals surface area (Å²) in [6, 6.07) is 4.40. The summed E-state index contributed by atoms with van der Waals surface area (Å²) in [6.07, 6.45) is 0.189. The highest BCUT2D eigenvalue weighted by Gasteiger charge is 2.34. The molecule has 1 aromatic carbocycles. The number of amides is 4. The Kier molecular flexibility index (Phi) is 6.20. The van der Waals surface area contributed by atoms with Crippen LogP contribution in [-0.4, -0.2) is 39.8 Å². The smallest absolute Gasteiger partial charge is 0.321 e. The molecule has 1 fully saturated rings. The van der Waals surface area contributed by atoms with Crippen molar-refractivity contribution in [3.63, 3.8) is 0 Å². The molecular weight excluding hydrogens is 406 g/mol. The number of nitrogens with one attached hydrogen (secondary N) is 3. The first kappa shape index (κ1) is 20.2. The van der Waals surface area contributed by atoms with E-state index in [0.717, 1.165) is 17.3 Å². The number of hydrogen-bond acceptors (Lipinski definition) is 7. The lowest BCUT2D eigenvalue weighted by Crippen LogP contribution is -2.57. The van der Waals surface area contributed by atoms with Gasteiger partial charge in [-0.05, 0) is 31.5 Å². The Morgan fingerprint density at radius 3 is 2.86 bits per heavy atom. The molecule has 148 valence electrons. The molecule has 2 heterocycles. The highest BCUT2D eigenvalue weighted by Crippen LogP contribution is 2.22. The number of rotatable bonds is 6. The Bertz CT molecular complexity index is 919. The van der Waals surface area contributed by atoms with E-state index < -0.39 is 11.9 Å². The van der Waals surface area contributed by atoms with Gasteiger partial charge in [0, 0.05) is 23.2 Å². The lowest BCUT2D eigenvalue weighted by atomic mass is 9.95. The molecule has 1 aliphatic rings. The van der Waals surface area contributed by atoms with E-state index >= 15 is 0 Å². The van der Waals surface area contributed by atoms with E-state index in [0.29, 0.717) is 10.7 Å². The maximum absolute atomic E-state index is 12.1. The van der Waals surface area contributed by atoms with Crippen LogP contribution in [0.25, 0.3) is 0 Å². The molecule has 9 nitrogen and oxygen atoms in total. The van der Waals surface area contributed by atoms with Crippen LogP contribution in [0.1, 0.15) is 18.4 Å². The zero-order chi connectivity index (χ0) is 20.3. The van der Waals surface area contributed by atoms with Crippen molar-refractivity contribution in [1.82, 2.24) is 20.8 Å². The van der Waals surface area contributed by atoms with Crippen LogP contribution in [0.15, 0.2) is 27.8 Å². The van der Waals surface area contributed by atoms with Gasteiger partial charge in [-0.3, -0.25) is 14.9 Å². The number of halogens is 1. The van der Waals surface area contributed by atoms with Crippen LogP contribution in [0, 0.1) is 12.8 Å². The largest absolute Gasteiger partial charge is 0.416 e. The average Bonchev–Trinajstić information content (AvgIpc) is 3.07. The van der Waals surface area contributed by atoms with E-state index in [1.807, 2.05) is 13.0 Å². The number of carbonyl (C=O) groups excluding carboxylic acids is 3. The predicted octanol–water partition coefficient (Wildman–Crippen LogP) is 2.15. The zero-order valence-electron chi connectivity index (χ0n) is 15.1. The van der Waals surface area contributed by atoms with Crippen LogP contribution in [-0.2, 0) is 16.0 Å². The maximum Gasteiger partial charge on any atom is 0.321 e. The minimum Gasteiger partial charge on any atom is -0.416 e. The fraction of sp³-hybridized carbons (Fsp3) is 0.353. The molecule has 3 N–H and O–H groups in total. The van der Waals surface area contributed by atoms with Crippen LogP contribution in [0.5, 0.6) is 0 Å². The molecule has 2 atom stereocenters. The number of imide groups is 1. The highest BCUT2D eigenvalue weighted by molar-refractivity contribution is 7.99. The number of anilines is 1. The molecule has 3 rings (SSSR count). The Balaban J connectivity index is 1.51. The molecule has 0 bridgehead atoms. The Morgan fingerprint density at radius 1 is 1.36 bits per heavy atom. The summed E-state index contributed by atoms with van der Waals surface area (Å²) in [5, 5.41) is 16.2. The molecule has 2 unspecified atom stereocenters. The molecular formula is C17H18ClN5O4S. The Hall–Kier alpha value is -2.59. The van der Waals surface area contributed by atoms with E-state index in [1.165, 1.54) is 0 Å². The third-order valence-electron chi connectivity index (χ3n) is 4.16. The quantitative estimate of drug-likeness (QED) is 0.607. The second-order valence-electron chi connectivity index (χ2n) is 6.32. The van der Waals surface area contributed by atoms with Crippen molar-refractivity contribution in [2.75, 3.05) is 11.1 Å². The van der Waals surface area contributed by atoms with Crippen LogP contribution < -0.4 is 16.0 Å². The summed E-state index contributed by atoms with van der Waals surface area (Å²) in [5.74, 6) is -0.807. The fourth-order valence-electron chi connectivity index (χ4n) is 2.61. The van der Waals surface area contributed by atoms with E-state index in [4.69, 9.17) is 16.0 Å². The molecule has 2 aromatic rings. The van der Waals surface area contributed by atoms with Crippen molar-refractivity contribution >= 4 is 46.9 Å². The molecule has 28 heavy (non-hydrogen) atoms. The standard InChI is InChI=1S/C17H18ClN5O4S/c1-8-3-4-10(5-12(8)18)20-13(24)7-28-17-23-22-14(27-17)6-11-9(2)19-16(26)21-15(11)25/h3-5,9,11H,6-7H2,1-2H3,(H,20,24)(H2,19,21,25,26). The van der Waals surface area contributed by atoms with Crippen molar-refractivity contribution in [3.8, 4) is 0 Å². The van der Waals surface area contributed by atoms with Gasteiger partial charge in [-0.25, -0.2) is 4.79 Å². The fourth-order valence-corrected chi connectivity index (χ4v) is 3.37.